The summed E-state index contributed by atoms with van der Waals surface area (Å²) in [6.07, 6.45) is -4.42. The number of alkyl halides is 3. The molecule has 2 aromatic carbocycles. The average molecular weight is 305 g/mol. The molecule has 0 aliphatic carbocycles. The van der Waals surface area contributed by atoms with E-state index in [-0.39, 0.29) is 12.4 Å². The van der Waals surface area contributed by atoms with Gasteiger partial charge in [0.1, 0.15) is 12.4 Å². The van der Waals surface area contributed by atoms with Gasteiger partial charge < -0.3 is 9.72 Å². The van der Waals surface area contributed by atoms with Gasteiger partial charge in [-0.3, -0.25) is 0 Å². The third kappa shape index (κ3) is 2.93. The molecule has 0 unspecified atom stereocenters. The van der Waals surface area contributed by atoms with Gasteiger partial charge in [-0.2, -0.15) is 13.2 Å². The molecule has 0 aliphatic heterocycles. The van der Waals surface area contributed by atoms with Crippen molar-refractivity contribution in [1.82, 2.24) is 4.98 Å². The molecule has 0 bridgehead atoms. The van der Waals surface area contributed by atoms with Gasteiger partial charge in [-0.25, -0.2) is 0 Å². The summed E-state index contributed by atoms with van der Waals surface area (Å²) in [4.78, 5) is 3.14. The van der Waals surface area contributed by atoms with Gasteiger partial charge in [0.25, 0.3) is 0 Å². The van der Waals surface area contributed by atoms with E-state index in [0.717, 1.165) is 28.2 Å². The lowest BCUT2D eigenvalue weighted by Crippen LogP contribution is -2.08. The molecule has 1 heterocycles. The normalized spacial score (nSPS) is 11.8. The molecule has 114 valence electrons. The number of aryl methyl sites for hydroxylation is 1. The van der Waals surface area contributed by atoms with E-state index in [9.17, 15) is 13.2 Å². The van der Waals surface area contributed by atoms with Crippen molar-refractivity contribution >= 4 is 10.9 Å². The standard InChI is InChI=1S/C17H14F3NO/c1-11-6-7-15-12(8-11)9-13(21-15)10-22-16-5-3-2-4-14(16)17(18,19)20/h2-9,21H,10H2,1H3. The fourth-order valence-electron chi connectivity index (χ4n) is 2.37. The number of hydrogen-bond donors (Lipinski definition) is 1. The van der Waals surface area contributed by atoms with Gasteiger partial charge in [0.15, 0.2) is 0 Å². The molecule has 3 aromatic rings. The Bertz CT molecular complexity index is 805. The van der Waals surface area contributed by atoms with Crippen molar-refractivity contribution < 1.29 is 17.9 Å². The van der Waals surface area contributed by atoms with E-state index >= 15 is 0 Å². The number of ether oxygens (including phenoxy) is 1. The van der Waals surface area contributed by atoms with E-state index in [1.54, 1.807) is 0 Å². The lowest BCUT2D eigenvalue weighted by atomic mass is 10.2. The van der Waals surface area contributed by atoms with Gasteiger partial charge in [0, 0.05) is 10.9 Å². The van der Waals surface area contributed by atoms with Crippen LogP contribution in [0.3, 0.4) is 0 Å². The zero-order chi connectivity index (χ0) is 15.7. The Kier molecular flexibility index (Phi) is 3.56. The van der Waals surface area contributed by atoms with E-state index in [4.69, 9.17) is 4.74 Å². The Hall–Kier alpha value is -2.43. The zero-order valence-corrected chi connectivity index (χ0v) is 11.9. The topological polar surface area (TPSA) is 25.0 Å². The van der Waals surface area contributed by atoms with Crippen LogP contribution in [0.4, 0.5) is 13.2 Å². The first kappa shape index (κ1) is 14.5. The fraction of sp³-hybridized carbons (Fsp3) is 0.176. The maximum absolute atomic E-state index is 12.9. The molecule has 22 heavy (non-hydrogen) atoms. The molecule has 0 saturated carbocycles. The minimum Gasteiger partial charge on any atom is -0.487 e. The van der Waals surface area contributed by atoms with Crippen LogP contribution in [0.2, 0.25) is 0 Å². The van der Waals surface area contributed by atoms with Crippen LogP contribution in [0.25, 0.3) is 10.9 Å². The molecule has 1 aromatic heterocycles. The van der Waals surface area contributed by atoms with E-state index in [1.165, 1.54) is 18.2 Å². The summed E-state index contributed by atoms with van der Waals surface area (Å²) < 4.78 is 44.1. The monoisotopic (exact) mass is 305 g/mol. The second-order valence-corrected chi connectivity index (χ2v) is 5.17. The second kappa shape index (κ2) is 5.40. The highest BCUT2D eigenvalue weighted by molar-refractivity contribution is 5.81. The molecule has 0 fully saturated rings. The number of H-pyrrole nitrogens is 1. The van der Waals surface area contributed by atoms with Crippen LogP contribution in [0.1, 0.15) is 16.8 Å². The number of aromatic amines is 1. The lowest BCUT2D eigenvalue weighted by Gasteiger charge is -2.13. The molecular weight excluding hydrogens is 291 g/mol. The number of hydrogen-bond acceptors (Lipinski definition) is 1. The molecule has 0 aliphatic rings. The van der Waals surface area contributed by atoms with Gasteiger partial charge in [0.2, 0.25) is 0 Å². The molecule has 0 amide bonds. The van der Waals surface area contributed by atoms with E-state index in [0.29, 0.717) is 0 Å². The minimum absolute atomic E-state index is 0.0564. The molecule has 5 heteroatoms. The third-order valence-corrected chi connectivity index (χ3v) is 3.41. The summed E-state index contributed by atoms with van der Waals surface area (Å²) in [5, 5.41) is 1.02. The van der Waals surface area contributed by atoms with Crippen LogP contribution in [-0.4, -0.2) is 4.98 Å². The molecular formula is C17H14F3NO. The number of nitrogens with one attached hydrogen (secondary N) is 1. The summed E-state index contributed by atoms with van der Waals surface area (Å²) in [7, 11) is 0. The third-order valence-electron chi connectivity index (χ3n) is 3.41. The predicted octanol–water partition coefficient (Wildman–Crippen LogP) is 5.07. The summed E-state index contributed by atoms with van der Waals surface area (Å²) in [6, 6.07) is 13.0. The number of halogens is 3. The van der Waals surface area contributed by atoms with Gasteiger partial charge in [-0.1, -0.05) is 23.8 Å². The molecule has 0 radical (unpaired) electrons. The highest BCUT2D eigenvalue weighted by Gasteiger charge is 2.34. The molecule has 0 spiro atoms. The second-order valence-electron chi connectivity index (χ2n) is 5.17. The zero-order valence-electron chi connectivity index (χ0n) is 11.9. The van der Waals surface area contributed by atoms with Crippen molar-refractivity contribution in [3.8, 4) is 5.75 Å². The summed E-state index contributed by atoms with van der Waals surface area (Å²) >= 11 is 0. The SMILES string of the molecule is Cc1ccc2[nH]c(COc3ccccc3C(F)(F)F)cc2c1. The fourth-order valence-corrected chi connectivity index (χ4v) is 2.37. The molecule has 0 saturated heterocycles. The molecule has 1 N–H and O–H groups in total. The maximum Gasteiger partial charge on any atom is 0.419 e. The van der Waals surface area contributed by atoms with Crippen molar-refractivity contribution in [2.75, 3.05) is 0 Å². The number of aromatic nitrogens is 1. The number of fused-ring (bicyclic) bond motifs is 1. The molecule has 3 rings (SSSR count). The van der Waals surface area contributed by atoms with E-state index < -0.39 is 11.7 Å². The number of benzene rings is 2. The average Bonchev–Trinajstić information content (AvgIpc) is 2.86. The van der Waals surface area contributed by atoms with Crippen molar-refractivity contribution in [1.29, 1.82) is 0 Å². The maximum atomic E-state index is 12.9. The van der Waals surface area contributed by atoms with Crippen LogP contribution >= 0.6 is 0 Å². The predicted molar refractivity (Wildman–Crippen MR) is 78.8 cm³/mol. The Morgan fingerprint density at radius 2 is 1.82 bits per heavy atom. The minimum atomic E-state index is -4.42. The van der Waals surface area contributed by atoms with Gasteiger partial charge in [0.05, 0.1) is 11.3 Å². The molecule has 0 atom stereocenters. The lowest BCUT2D eigenvalue weighted by molar-refractivity contribution is -0.139. The summed E-state index contributed by atoms with van der Waals surface area (Å²) in [5.74, 6) is -0.162. The van der Waals surface area contributed by atoms with E-state index in [1.807, 2.05) is 31.2 Å². The highest BCUT2D eigenvalue weighted by Crippen LogP contribution is 2.36. The van der Waals surface area contributed by atoms with Gasteiger partial charge >= 0.3 is 6.18 Å². The largest absolute Gasteiger partial charge is 0.487 e. The van der Waals surface area contributed by atoms with Crippen molar-refractivity contribution in [2.45, 2.75) is 19.7 Å². The van der Waals surface area contributed by atoms with Crippen molar-refractivity contribution in [3.63, 3.8) is 0 Å². The van der Waals surface area contributed by atoms with Crippen LogP contribution in [0.5, 0.6) is 5.75 Å². The van der Waals surface area contributed by atoms with Crippen LogP contribution in [0.15, 0.2) is 48.5 Å². The van der Waals surface area contributed by atoms with Gasteiger partial charge in [-0.05, 0) is 37.3 Å². The van der Waals surface area contributed by atoms with Gasteiger partial charge in [-0.15, -0.1) is 0 Å². The molecule has 2 nitrogen and oxygen atoms in total. The van der Waals surface area contributed by atoms with E-state index in [2.05, 4.69) is 4.98 Å². The summed E-state index contributed by atoms with van der Waals surface area (Å²) in [6.45, 7) is 2.04. The smallest absolute Gasteiger partial charge is 0.419 e. The Labute approximate surface area is 125 Å². The Morgan fingerprint density at radius 3 is 2.59 bits per heavy atom. The Morgan fingerprint density at radius 1 is 1.05 bits per heavy atom. The Balaban J connectivity index is 1.82. The quantitative estimate of drug-likeness (QED) is 0.717. The van der Waals surface area contributed by atoms with Crippen molar-refractivity contribution in [3.05, 3.63) is 65.4 Å². The van der Waals surface area contributed by atoms with Crippen LogP contribution in [0, 0.1) is 6.92 Å². The van der Waals surface area contributed by atoms with Crippen LogP contribution < -0.4 is 4.74 Å². The number of rotatable bonds is 3. The van der Waals surface area contributed by atoms with Crippen molar-refractivity contribution in [2.24, 2.45) is 0 Å². The first-order chi connectivity index (χ1) is 10.4. The summed E-state index contributed by atoms with van der Waals surface area (Å²) in [5.41, 5.74) is 2.04. The van der Waals surface area contributed by atoms with Crippen LogP contribution in [-0.2, 0) is 12.8 Å². The first-order valence-corrected chi connectivity index (χ1v) is 6.81. The first-order valence-electron chi connectivity index (χ1n) is 6.81. The number of para-hydroxylation sites is 1. The highest BCUT2D eigenvalue weighted by atomic mass is 19.4.